The molecule has 2 fully saturated rings. The predicted octanol–water partition coefficient (Wildman–Crippen LogP) is 4.81. The van der Waals surface area contributed by atoms with Gasteiger partial charge >= 0.3 is 17.9 Å². The van der Waals surface area contributed by atoms with Gasteiger partial charge in [0.2, 0.25) is 0 Å². The lowest BCUT2D eigenvalue weighted by Crippen LogP contribution is -2.27. The summed E-state index contributed by atoms with van der Waals surface area (Å²) in [4.78, 5) is 39.7. The van der Waals surface area contributed by atoms with Gasteiger partial charge in [-0.3, -0.25) is 19.1 Å². The molecule has 13 nitrogen and oxygen atoms in total. The highest BCUT2D eigenvalue weighted by molar-refractivity contribution is 5.88. The molecule has 4 N–H and O–H groups in total. The van der Waals surface area contributed by atoms with Crippen LogP contribution in [0.2, 0.25) is 0 Å². The minimum Gasteiger partial charge on any atom is -0.446 e. The van der Waals surface area contributed by atoms with Crippen molar-refractivity contribution < 1.29 is 19.1 Å². The molecule has 0 spiro atoms. The molecule has 2 aliphatic rings. The zero-order valence-electron chi connectivity index (χ0n) is 24.8. The first-order chi connectivity index (χ1) is 21.2. The third-order valence-corrected chi connectivity index (χ3v) is 7.78. The average Bonchev–Trinajstić information content (AvgIpc) is 3.71. The number of anilines is 3. The highest BCUT2D eigenvalue weighted by atomic mass is 16.6. The first-order valence-corrected chi connectivity index (χ1v) is 14.5. The number of amides is 2. The second kappa shape index (κ2) is 13.4. The molecular formula is C31H36N8O5. The van der Waals surface area contributed by atoms with Crippen LogP contribution in [-0.2, 0) is 23.6 Å². The number of aryl methyl sites for hydroxylation is 2. The number of nitrogens with zero attached hydrogens (tertiary/aromatic N) is 5. The minimum absolute atomic E-state index is 0.00151. The lowest BCUT2D eigenvalue weighted by molar-refractivity contribution is 0.0624. The minimum atomic E-state index is -0.835. The van der Waals surface area contributed by atoms with Gasteiger partial charge in [0.25, 0.3) is 0 Å². The van der Waals surface area contributed by atoms with E-state index in [1.807, 2.05) is 42.1 Å². The standard InChI is InChI=1S/C27H31N7O3.C4H5NO2/c1-32-16-18(14-29-32)17-10-19(12-20(11-17)31-26(35)37-22-8-5-9-22)30-25-13-23-24(15-28-25)33(2)27(36)34(23)21-6-3-4-7-21;1-2-3-7-4(5)6/h10-16,21-22H,3-9H2,1-2H3,(H,28,30)(H,31,35);1H,3H2,(H2,5,6). The molecule has 0 bridgehead atoms. The van der Waals surface area contributed by atoms with Crippen molar-refractivity contribution in [3.8, 4) is 23.5 Å². The monoisotopic (exact) mass is 600 g/mol. The highest BCUT2D eigenvalue weighted by Gasteiger charge is 2.24. The van der Waals surface area contributed by atoms with Crippen LogP contribution in [-0.4, -0.2) is 48.8 Å². The second-order valence-corrected chi connectivity index (χ2v) is 10.9. The third-order valence-electron chi connectivity index (χ3n) is 7.78. The molecule has 6 rings (SSSR count). The zero-order valence-corrected chi connectivity index (χ0v) is 24.8. The summed E-state index contributed by atoms with van der Waals surface area (Å²) in [6.45, 7) is -0.0463. The number of carbonyl (C=O) groups is 2. The Labute approximate surface area is 254 Å². The number of aromatic nitrogens is 5. The first kappa shape index (κ1) is 30.2. The van der Waals surface area contributed by atoms with Crippen LogP contribution in [0.3, 0.4) is 0 Å². The number of hydrogen-bond donors (Lipinski definition) is 3. The Morgan fingerprint density at radius 3 is 2.39 bits per heavy atom. The van der Waals surface area contributed by atoms with E-state index in [9.17, 15) is 14.4 Å². The van der Waals surface area contributed by atoms with Gasteiger partial charge in [-0.1, -0.05) is 18.8 Å². The fraction of sp³-hybridized carbons (Fsp3) is 0.387. The summed E-state index contributed by atoms with van der Waals surface area (Å²) in [7, 11) is 3.66. The van der Waals surface area contributed by atoms with Gasteiger partial charge in [-0.05, 0) is 55.9 Å². The number of nitrogens with one attached hydrogen (secondary N) is 2. The summed E-state index contributed by atoms with van der Waals surface area (Å²) < 4.78 is 14.9. The van der Waals surface area contributed by atoms with Gasteiger partial charge in [0.1, 0.15) is 11.9 Å². The third kappa shape index (κ3) is 7.03. The SMILES string of the molecule is C#CCOC(N)=O.Cn1cc(-c2cc(NC(=O)OC3CCC3)cc(Nc3cc4c(cn3)n(C)c(=O)n4C3CCCC3)c2)cn1. The average molecular weight is 601 g/mol. The van der Waals surface area contributed by atoms with Gasteiger partial charge in [-0.2, -0.15) is 5.10 Å². The Bertz CT molecular complexity index is 1750. The fourth-order valence-corrected chi connectivity index (χ4v) is 5.40. The molecule has 3 aromatic heterocycles. The van der Waals surface area contributed by atoms with E-state index < -0.39 is 12.2 Å². The molecule has 0 radical (unpaired) electrons. The maximum atomic E-state index is 13.0. The van der Waals surface area contributed by atoms with Gasteiger partial charge in [-0.15, -0.1) is 6.42 Å². The highest BCUT2D eigenvalue weighted by Crippen LogP contribution is 2.33. The van der Waals surface area contributed by atoms with Crippen molar-refractivity contribution in [1.29, 1.82) is 0 Å². The van der Waals surface area contributed by atoms with Gasteiger partial charge in [0.15, 0.2) is 6.61 Å². The van der Waals surface area contributed by atoms with Gasteiger partial charge in [0.05, 0.1) is 23.4 Å². The molecule has 44 heavy (non-hydrogen) atoms. The summed E-state index contributed by atoms with van der Waals surface area (Å²) in [6, 6.07) is 7.89. The lowest BCUT2D eigenvalue weighted by Gasteiger charge is -2.25. The quantitative estimate of drug-likeness (QED) is 0.255. The molecule has 0 saturated heterocycles. The van der Waals surface area contributed by atoms with Crippen LogP contribution < -0.4 is 22.1 Å². The number of terminal acetylenes is 1. The second-order valence-electron chi connectivity index (χ2n) is 10.9. The molecule has 13 heteroatoms. The van der Waals surface area contributed by atoms with Gasteiger partial charge in [0, 0.05) is 49.3 Å². The maximum Gasteiger partial charge on any atom is 0.411 e. The van der Waals surface area contributed by atoms with E-state index in [0.29, 0.717) is 11.5 Å². The number of benzene rings is 1. The molecule has 0 unspecified atom stereocenters. The van der Waals surface area contributed by atoms with E-state index >= 15 is 0 Å². The number of imidazole rings is 1. The van der Waals surface area contributed by atoms with Crippen molar-refractivity contribution in [3.63, 3.8) is 0 Å². The van der Waals surface area contributed by atoms with Crippen LogP contribution in [0.25, 0.3) is 22.2 Å². The van der Waals surface area contributed by atoms with E-state index in [1.54, 1.807) is 28.7 Å². The number of nitrogens with two attached hydrogens (primary N) is 1. The lowest BCUT2D eigenvalue weighted by atomic mass is 9.96. The van der Waals surface area contributed by atoms with Gasteiger partial charge in [-0.25, -0.2) is 19.4 Å². The molecule has 2 saturated carbocycles. The Kier molecular flexibility index (Phi) is 9.18. The van der Waals surface area contributed by atoms with Crippen molar-refractivity contribution in [2.75, 3.05) is 17.2 Å². The maximum absolute atomic E-state index is 13.0. The Morgan fingerprint density at radius 2 is 1.77 bits per heavy atom. The molecule has 230 valence electrons. The molecule has 1 aromatic carbocycles. The molecule has 2 amide bonds. The summed E-state index contributed by atoms with van der Waals surface area (Å²) >= 11 is 0. The number of ether oxygens (including phenoxy) is 2. The zero-order chi connectivity index (χ0) is 31.2. The van der Waals surface area contributed by atoms with E-state index in [0.717, 1.165) is 72.8 Å². The van der Waals surface area contributed by atoms with Crippen molar-refractivity contribution in [1.82, 2.24) is 23.9 Å². The van der Waals surface area contributed by atoms with Crippen LogP contribution in [0.4, 0.5) is 26.8 Å². The molecule has 0 atom stereocenters. The van der Waals surface area contributed by atoms with Crippen LogP contribution in [0.5, 0.6) is 0 Å². The molecule has 0 aliphatic heterocycles. The van der Waals surface area contributed by atoms with Crippen LogP contribution in [0, 0.1) is 12.3 Å². The van der Waals surface area contributed by atoms with Crippen LogP contribution in [0.1, 0.15) is 51.0 Å². The van der Waals surface area contributed by atoms with Crippen molar-refractivity contribution in [2.24, 2.45) is 19.8 Å². The summed E-state index contributed by atoms with van der Waals surface area (Å²) in [5.74, 6) is 2.70. The number of rotatable bonds is 7. The van der Waals surface area contributed by atoms with Crippen molar-refractivity contribution >= 4 is 40.4 Å². The number of primary amides is 1. The van der Waals surface area contributed by atoms with E-state index in [-0.39, 0.29) is 24.4 Å². The van der Waals surface area contributed by atoms with Crippen LogP contribution >= 0.6 is 0 Å². The number of pyridine rings is 1. The Balaban J connectivity index is 0.000000493. The fourth-order valence-electron chi connectivity index (χ4n) is 5.40. The summed E-state index contributed by atoms with van der Waals surface area (Å²) in [6.07, 6.45) is 16.1. The van der Waals surface area contributed by atoms with Crippen LogP contribution in [0.15, 0.2) is 47.7 Å². The van der Waals surface area contributed by atoms with E-state index in [2.05, 4.69) is 37.1 Å². The van der Waals surface area contributed by atoms with Gasteiger partial charge < -0.3 is 20.5 Å². The normalized spacial score (nSPS) is 14.7. The Hall–Kier alpha value is -5.25. The molecule has 3 heterocycles. The predicted molar refractivity (Wildman–Crippen MR) is 167 cm³/mol. The molecule has 2 aliphatic carbocycles. The number of fused-ring (bicyclic) bond motifs is 1. The van der Waals surface area contributed by atoms with Crippen molar-refractivity contribution in [2.45, 2.75) is 57.1 Å². The van der Waals surface area contributed by atoms with E-state index in [1.165, 1.54) is 0 Å². The summed E-state index contributed by atoms with van der Waals surface area (Å²) in [5.41, 5.74) is 9.37. The molecular weight excluding hydrogens is 564 g/mol. The smallest absolute Gasteiger partial charge is 0.411 e. The first-order valence-electron chi connectivity index (χ1n) is 14.5. The molecule has 4 aromatic rings. The topological polar surface area (TPSA) is 160 Å². The Morgan fingerprint density at radius 1 is 1.02 bits per heavy atom. The largest absolute Gasteiger partial charge is 0.446 e. The summed E-state index contributed by atoms with van der Waals surface area (Å²) in [5, 5.41) is 10.5. The number of carbonyl (C=O) groups excluding carboxylic acids is 2. The number of hydrogen-bond acceptors (Lipinski definition) is 8. The van der Waals surface area contributed by atoms with E-state index in [4.69, 9.17) is 11.2 Å². The van der Waals surface area contributed by atoms with Crippen molar-refractivity contribution in [3.05, 3.63) is 53.3 Å².